The normalized spacial score (nSPS) is 13.4. The van der Waals surface area contributed by atoms with Gasteiger partial charge in [-0.05, 0) is 22.0 Å². The molecule has 0 aliphatic heterocycles. The molecule has 0 nitrogen and oxygen atoms in total. The van der Waals surface area contributed by atoms with Gasteiger partial charge in [0.25, 0.3) is 0 Å². The van der Waals surface area contributed by atoms with E-state index in [0.717, 1.165) is 0 Å². The van der Waals surface area contributed by atoms with Gasteiger partial charge in [0.15, 0.2) is 0 Å². The second-order valence-electron chi connectivity index (χ2n) is 6.57. The van der Waals surface area contributed by atoms with Crippen LogP contribution in [0.1, 0.15) is 52.7 Å². The van der Waals surface area contributed by atoms with Gasteiger partial charge in [-0.2, -0.15) is 0 Å². The Bertz CT molecular complexity index is 353. The second kappa shape index (κ2) is 4.45. The maximum atomic E-state index is 2.25. The molecule has 0 atom stereocenters. The summed E-state index contributed by atoms with van der Waals surface area (Å²) >= 11 is 0. The quantitative estimate of drug-likeness (QED) is 0.616. The number of benzene rings is 1. The Morgan fingerprint density at radius 2 is 1.31 bits per heavy atom. The zero-order valence-electron chi connectivity index (χ0n) is 11.5. The first kappa shape index (κ1) is 13.0. The molecule has 0 aromatic heterocycles. The van der Waals surface area contributed by atoms with E-state index in [0.29, 0.717) is 0 Å². The average Bonchev–Trinajstić information content (AvgIpc) is 2.13. The van der Waals surface area contributed by atoms with Crippen LogP contribution < -0.4 is 0 Å². The maximum absolute atomic E-state index is 2.25. The van der Waals surface area contributed by atoms with Crippen molar-refractivity contribution in [1.82, 2.24) is 0 Å². The first-order valence-corrected chi connectivity index (χ1v) is 5.98. The second-order valence-corrected chi connectivity index (χ2v) is 6.57. The largest absolute Gasteiger partial charge is 0.0785 e. The molecular formula is C16H24. The molecule has 0 aliphatic carbocycles. The van der Waals surface area contributed by atoms with Crippen molar-refractivity contribution in [2.24, 2.45) is 5.41 Å². The van der Waals surface area contributed by atoms with E-state index in [2.05, 4.69) is 78.0 Å². The molecule has 0 unspecified atom stereocenters. The van der Waals surface area contributed by atoms with Crippen LogP contribution in [-0.4, -0.2) is 0 Å². The Morgan fingerprint density at radius 1 is 0.812 bits per heavy atom. The molecule has 0 saturated carbocycles. The Labute approximate surface area is 100 Å². The number of hydrogen-bond donors (Lipinski definition) is 0. The highest BCUT2D eigenvalue weighted by atomic mass is 14.2. The van der Waals surface area contributed by atoms with Gasteiger partial charge in [0, 0.05) is 0 Å². The van der Waals surface area contributed by atoms with Gasteiger partial charge in [0.05, 0.1) is 0 Å². The molecular weight excluding hydrogens is 192 g/mol. The van der Waals surface area contributed by atoms with Crippen LogP contribution in [0.4, 0.5) is 0 Å². The fourth-order valence-electron chi connectivity index (χ4n) is 1.44. The Hall–Kier alpha value is -1.04. The van der Waals surface area contributed by atoms with Gasteiger partial charge < -0.3 is 0 Å². The van der Waals surface area contributed by atoms with E-state index < -0.39 is 0 Å². The lowest BCUT2D eigenvalue weighted by molar-refractivity contribution is 0.547. The molecule has 88 valence electrons. The van der Waals surface area contributed by atoms with Crippen LogP contribution >= 0.6 is 0 Å². The lowest BCUT2D eigenvalue weighted by atomic mass is 9.86. The first-order chi connectivity index (χ1) is 7.18. The first-order valence-electron chi connectivity index (χ1n) is 5.98. The van der Waals surface area contributed by atoms with E-state index in [1.54, 1.807) is 0 Å². The van der Waals surface area contributed by atoms with Crippen molar-refractivity contribution in [3.05, 3.63) is 41.5 Å². The zero-order valence-corrected chi connectivity index (χ0v) is 11.5. The molecule has 0 spiro atoms. The molecule has 0 heteroatoms. The van der Waals surface area contributed by atoms with Crippen LogP contribution in [-0.2, 0) is 5.41 Å². The van der Waals surface area contributed by atoms with Gasteiger partial charge in [0.2, 0.25) is 0 Å². The van der Waals surface area contributed by atoms with E-state index >= 15 is 0 Å². The van der Waals surface area contributed by atoms with Crippen LogP contribution in [0.2, 0.25) is 0 Å². The van der Waals surface area contributed by atoms with E-state index in [-0.39, 0.29) is 10.8 Å². The molecule has 0 bridgehead atoms. The summed E-state index contributed by atoms with van der Waals surface area (Å²) in [4.78, 5) is 0. The predicted molar refractivity (Wildman–Crippen MR) is 73.6 cm³/mol. The van der Waals surface area contributed by atoms with Gasteiger partial charge in [-0.25, -0.2) is 0 Å². The van der Waals surface area contributed by atoms with Crippen LogP contribution in [0, 0.1) is 5.41 Å². The SMILES string of the molecule is CC(C)(C)C=Cc1ccc(C(C)(C)C)cc1. The zero-order chi connectivity index (χ0) is 12.4. The Kier molecular flexibility index (Phi) is 3.62. The van der Waals surface area contributed by atoms with Gasteiger partial charge in [-0.15, -0.1) is 0 Å². The summed E-state index contributed by atoms with van der Waals surface area (Å²) in [5, 5.41) is 0. The molecule has 1 aromatic carbocycles. The monoisotopic (exact) mass is 216 g/mol. The summed E-state index contributed by atoms with van der Waals surface area (Å²) in [6.45, 7) is 13.4. The fraction of sp³-hybridized carbons (Fsp3) is 0.500. The molecule has 0 saturated heterocycles. The number of hydrogen-bond acceptors (Lipinski definition) is 0. The third-order valence-electron chi connectivity index (χ3n) is 2.55. The predicted octanol–water partition coefficient (Wildman–Crippen LogP) is 5.04. The number of allylic oxidation sites excluding steroid dienone is 1. The summed E-state index contributed by atoms with van der Waals surface area (Å²) in [7, 11) is 0. The highest BCUT2D eigenvalue weighted by Gasteiger charge is 2.12. The number of rotatable bonds is 1. The van der Waals surface area contributed by atoms with Crippen molar-refractivity contribution in [3.8, 4) is 0 Å². The van der Waals surface area contributed by atoms with Crippen molar-refractivity contribution >= 4 is 6.08 Å². The van der Waals surface area contributed by atoms with E-state index in [4.69, 9.17) is 0 Å². The smallest absolute Gasteiger partial charge is 0.0132 e. The molecule has 0 N–H and O–H groups in total. The summed E-state index contributed by atoms with van der Waals surface area (Å²) in [5.41, 5.74) is 3.16. The van der Waals surface area contributed by atoms with Crippen molar-refractivity contribution in [2.75, 3.05) is 0 Å². The molecule has 0 aliphatic rings. The standard InChI is InChI=1S/C16H24/c1-15(2,3)12-11-13-7-9-14(10-8-13)16(4,5)6/h7-12H,1-6H3. The van der Waals surface area contributed by atoms with Crippen molar-refractivity contribution in [2.45, 2.75) is 47.0 Å². The third kappa shape index (κ3) is 4.22. The summed E-state index contributed by atoms with van der Waals surface area (Å²) in [6.07, 6.45) is 4.45. The minimum Gasteiger partial charge on any atom is -0.0785 e. The van der Waals surface area contributed by atoms with Crippen molar-refractivity contribution < 1.29 is 0 Å². The van der Waals surface area contributed by atoms with Gasteiger partial charge in [0.1, 0.15) is 0 Å². The van der Waals surface area contributed by atoms with Crippen LogP contribution in [0.25, 0.3) is 6.08 Å². The van der Waals surface area contributed by atoms with Crippen LogP contribution in [0.5, 0.6) is 0 Å². The lowest BCUT2D eigenvalue weighted by Crippen LogP contribution is -2.10. The molecule has 0 radical (unpaired) electrons. The van der Waals surface area contributed by atoms with Crippen molar-refractivity contribution in [3.63, 3.8) is 0 Å². The Morgan fingerprint density at radius 3 is 1.69 bits per heavy atom. The fourth-order valence-corrected chi connectivity index (χ4v) is 1.44. The maximum Gasteiger partial charge on any atom is -0.0132 e. The van der Waals surface area contributed by atoms with E-state index in [1.165, 1.54) is 11.1 Å². The topological polar surface area (TPSA) is 0 Å². The molecule has 1 rings (SSSR count). The van der Waals surface area contributed by atoms with Crippen LogP contribution in [0.15, 0.2) is 30.3 Å². The minimum atomic E-state index is 0.242. The minimum absolute atomic E-state index is 0.242. The summed E-state index contributed by atoms with van der Waals surface area (Å²) in [6, 6.07) is 8.84. The molecule has 0 fully saturated rings. The lowest BCUT2D eigenvalue weighted by Gasteiger charge is -2.19. The molecule has 16 heavy (non-hydrogen) atoms. The van der Waals surface area contributed by atoms with E-state index in [9.17, 15) is 0 Å². The third-order valence-corrected chi connectivity index (χ3v) is 2.55. The van der Waals surface area contributed by atoms with Crippen LogP contribution in [0.3, 0.4) is 0 Å². The summed E-state index contributed by atoms with van der Waals surface area (Å²) < 4.78 is 0. The van der Waals surface area contributed by atoms with Gasteiger partial charge in [-0.1, -0.05) is 78.0 Å². The molecule has 0 heterocycles. The Balaban J connectivity index is 2.85. The van der Waals surface area contributed by atoms with Gasteiger partial charge in [-0.3, -0.25) is 0 Å². The molecule has 0 amide bonds. The average molecular weight is 216 g/mol. The highest BCUT2D eigenvalue weighted by molar-refractivity contribution is 5.50. The van der Waals surface area contributed by atoms with Gasteiger partial charge >= 0.3 is 0 Å². The van der Waals surface area contributed by atoms with Crippen molar-refractivity contribution in [1.29, 1.82) is 0 Å². The molecule has 1 aromatic rings. The van der Waals surface area contributed by atoms with E-state index in [1.807, 2.05) is 0 Å². The summed E-state index contributed by atoms with van der Waals surface area (Å²) in [5.74, 6) is 0. The highest BCUT2D eigenvalue weighted by Crippen LogP contribution is 2.23.